The molecule has 5 rings (SSSR count). The first-order valence-electron chi connectivity index (χ1n) is 14.6. The van der Waals surface area contributed by atoms with Gasteiger partial charge in [0.2, 0.25) is 0 Å². The number of esters is 1. The molecule has 0 aliphatic rings. The van der Waals surface area contributed by atoms with Crippen molar-refractivity contribution in [1.29, 1.82) is 0 Å². The maximum absolute atomic E-state index is 14.9. The molecule has 0 saturated carbocycles. The highest BCUT2D eigenvalue weighted by Crippen LogP contribution is 2.27. The van der Waals surface area contributed by atoms with Crippen LogP contribution in [0.25, 0.3) is 10.8 Å². The van der Waals surface area contributed by atoms with Crippen LogP contribution in [-0.2, 0) is 14.3 Å². The molecule has 238 valence electrons. The predicted molar refractivity (Wildman–Crippen MR) is 172 cm³/mol. The molecule has 0 saturated heterocycles. The number of methoxy groups -OCH3 is 1. The molecule has 5 aromatic rings. The Morgan fingerprint density at radius 3 is 2.52 bits per heavy atom. The van der Waals surface area contributed by atoms with Crippen LogP contribution in [0.5, 0.6) is 5.75 Å². The normalized spacial score (nSPS) is 11.6. The summed E-state index contributed by atoms with van der Waals surface area (Å²) in [5.41, 5.74) is 0.418. The molecule has 1 atom stereocenters. The number of carbonyl (C=O) groups excluding carboxylic acids is 2. The molecule has 13 heteroatoms. The molecule has 0 bridgehead atoms. The number of unbranched alkanes of at least 4 members (excludes halogenated alkanes) is 3. The number of anilines is 3. The molecule has 2 N–H and O–H groups in total. The highest BCUT2D eigenvalue weighted by Gasteiger charge is 2.28. The van der Waals surface area contributed by atoms with Crippen molar-refractivity contribution in [3.05, 3.63) is 106 Å². The Hall–Kier alpha value is -5.17. The third kappa shape index (κ3) is 7.91. The van der Waals surface area contributed by atoms with Crippen molar-refractivity contribution >= 4 is 50.5 Å². The van der Waals surface area contributed by atoms with E-state index in [2.05, 4.69) is 25.5 Å². The standard InChI is InChI=1S/C33H31F2N5O5S/c1-44-29(41)10-4-2-3-7-16-45-28-14-12-23(19-27(28)35)38-22-11-13-24-21(18-22)20-37-40(32(24)43)30(25-8-5-6-9-26(25)34)31(42)39-33-36-15-17-46-33/h5-6,8-9,11-15,17-20,30,38H,2-4,7,10,16H2,1H3,(H,36,39,42). The molecule has 0 spiro atoms. The smallest absolute Gasteiger partial charge is 0.305 e. The number of nitrogens with zero attached hydrogens (tertiary/aromatic N) is 3. The maximum Gasteiger partial charge on any atom is 0.305 e. The third-order valence-corrected chi connectivity index (χ3v) is 7.84. The minimum absolute atomic E-state index is 0.0196. The van der Waals surface area contributed by atoms with Crippen LogP contribution in [0.4, 0.5) is 25.3 Å². The summed E-state index contributed by atoms with van der Waals surface area (Å²) in [6, 6.07) is 13.7. The number of amides is 1. The van der Waals surface area contributed by atoms with E-state index in [1.54, 1.807) is 35.7 Å². The number of fused-ring (bicyclic) bond motifs is 1. The lowest BCUT2D eigenvalue weighted by molar-refractivity contribution is -0.140. The van der Waals surface area contributed by atoms with Crippen molar-refractivity contribution < 1.29 is 27.8 Å². The first-order chi connectivity index (χ1) is 22.3. The first kappa shape index (κ1) is 32.2. The number of thiazole rings is 1. The van der Waals surface area contributed by atoms with Crippen molar-refractivity contribution in [2.45, 2.75) is 38.1 Å². The summed E-state index contributed by atoms with van der Waals surface area (Å²) in [6.45, 7) is 0.349. The zero-order valence-corrected chi connectivity index (χ0v) is 25.7. The lowest BCUT2D eigenvalue weighted by atomic mass is 10.1. The van der Waals surface area contributed by atoms with Gasteiger partial charge in [-0.15, -0.1) is 11.3 Å². The second kappa shape index (κ2) is 15.2. The van der Waals surface area contributed by atoms with Crippen molar-refractivity contribution in [2.24, 2.45) is 0 Å². The van der Waals surface area contributed by atoms with Gasteiger partial charge in [0, 0.05) is 46.4 Å². The third-order valence-electron chi connectivity index (χ3n) is 7.15. The van der Waals surface area contributed by atoms with Crippen LogP contribution in [0.1, 0.15) is 43.7 Å². The summed E-state index contributed by atoms with van der Waals surface area (Å²) in [7, 11) is 1.37. The van der Waals surface area contributed by atoms with Crippen LogP contribution < -0.4 is 20.9 Å². The van der Waals surface area contributed by atoms with Gasteiger partial charge in [0.05, 0.1) is 25.3 Å². The van der Waals surface area contributed by atoms with E-state index in [4.69, 9.17) is 4.74 Å². The Labute approximate surface area is 267 Å². The number of hydrogen-bond acceptors (Lipinski definition) is 9. The fourth-order valence-electron chi connectivity index (χ4n) is 4.84. The van der Waals surface area contributed by atoms with E-state index in [0.29, 0.717) is 34.9 Å². The molecule has 2 aromatic heterocycles. The SMILES string of the molecule is COC(=O)CCCCCCOc1ccc(Nc2ccc3c(=O)n(C(C(=O)Nc4nccs4)c4ccccc4F)ncc3c2)cc1F. The molecule has 0 radical (unpaired) electrons. The van der Waals surface area contributed by atoms with Crippen LogP contribution in [0.2, 0.25) is 0 Å². The number of halogens is 2. The highest BCUT2D eigenvalue weighted by molar-refractivity contribution is 7.13. The largest absolute Gasteiger partial charge is 0.491 e. The molecule has 0 aliphatic heterocycles. The van der Waals surface area contributed by atoms with E-state index in [1.807, 2.05) is 0 Å². The average Bonchev–Trinajstić information content (AvgIpc) is 3.56. The van der Waals surface area contributed by atoms with Gasteiger partial charge in [0.1, 0.15) is 5.82 Å². The molecule has 46 heavy (non-hydrogen) atoms. The van der Waals surface area contributed by atoms with Gasteiger partial charge in [-0.05, 0) is 49.2 Å². The van der Waals surface area contributed by atoms with Gasteiger partial charge in [-0.25, -0.2) is 18.4 Å². The second-order valence-electron chi connectivity index (χ2n) is 10.3. The molecular formula is C33H31F2N5O5S. The van der Waals surface area contributed by atoms with Crippen molar-refractivity contribution in [1.82, 2.24) is 14.8 Å². The molecule has 3 aromatic carbocycles. The number of ether oxygens (including phenoxy) is 2. The summed E-state index contributed by atoms with van der Waals surface area (Å²) in [6.07, 6.45) is 6.49. The number of aromatic nitrogens is 3. The zero-order valence-electron chi connectivity index (χ0n) is 24.9. The van der Waals surface area contributed by atoms with Crippen LogP contribution in [0.3, 0.4) is 0 Å². The number of carbonyl (C=O) groups is 2. The lowest BCUT2D eigenvalue weighted by Gasteiger charge is -2.19. The molecule has 10 nitrogen and oxygen atoms in total. The van der Waals surface area contributed by atoms with E-state index in [9.17, 15) is 23.2 Å². The highest BCUT2D eigenvalue weighted by atomic mass is 32.1. The molecule has 1 unspecified atom stereocenters. The summed E-state index contributed by atoms with van der Waals surface area (Å²) >= 11 is 1.19. The van der Waals surface area contributed by atoms with Crippen LogP contribution >= 0.6 is 11.3 Å². The summed E-state index contributed by atoms with van der Waals surface area (Å²) < 4.78 is 40.8. The van der Waals surface area contributed by atoms with Gasteiger partial charge >= 0.3 is 5.97 Å². The average molecular weight is 648 g/mol. The molecule has 1 amide bonds. The topological polar surface area (TPSA) is 124 Å². The quantitative estimate of drug-likeness (QED) is 0.102. The molecule has 0 aliphatic carbocycles. The monoisotopic (exact) mass is 647 g/mol. The number of rotatable bonds is 14. The number of benzene rings is 3. The van der Waals surface area contributed by atoms with E-state index in [1.165, 1.54) is 61.2 Å². The fraction of sp³-hybridized carbons (Fsp3) is 0.242. The Balaban J connectivity index is 1.28. The Morgan fingerprint density at radius 1 is 0.978 bits per heavy atom. The lowest BCUT2D eigenvalue weighted by Crippen LogP contribution is -2.36. The Kier molecular flexibility index (Phi) is 10.7. The van der Waals surface area contributed by atoms with Crippen molar-refractivity contribution in [3.63, 3.8) is 0 Å². The predicted octanol–water partition coefficient (Wildman–Crippen LogP) is 6.61. The fourth-order valence-corrected chi connectivity index (χ4v) is 5.37. The van der Waals surface area contributed by atoms with Gasteiger partial charge in [0.15, 0.2) is 22.7 Å². The molecular weight excluding hydrogens is 616 g/mol. The van der Waals surface area contributed by atoms with Crippen molar-refractivity contribution in [3.8, 4) is 5.75 Å². The van der Waals surface area contributed by atoms with E-state index < -0.39 is 29.1 Å². The van der Waals surface area contributed by atoms with E-state index >= 15 is 0 Å². The van der Waals surface area contributed by atoms with Gasteiger partial charge in [0.25, 0.3) is 11.5 Å². The number of hydrogen-bond donors (Lipinski definition) is 2. The van der Waals surface area contributed by atoms with E-state index in [-0.39, 0.29) is 22.7 Å². The summed E-state index contributed by atoms with van der Waals surface area (Å²) in [5, 5.41) is 12.7. The summed E-state index contributed by atoms with van der Waals surface area (Å²) in [4.78, 5) is 42.1. The molecule has 2 heterocycles. The first-order valence-corrected chi connectivity index (χ1v) is 15.4. The van der Waals surface area contributed by atoms with Crippen LogP contribution in [0.15, 0.2) is 83.2 Å². The second-order valence-corrected chi connectivity index (χ2v) is 11.2. The maximum atomic E-state index is 14.9. The van der Waals surface area contributed by atoms with Gasteiger partial charge in [-0.1, -0.05) is 31.0 Å². The minimum Gasteiger partial charge on any atom is -0.491 e. The Bertz CT molecular complexity index is 1880. The minimum atomic E-state index is -1.39. The van der Waals surface area contributed by atoms with E-state index in [0.717, 1.165) is 30.4 Å². The zero-order chi connectivity index (χ0) is 32.5. The number of nitrogens with one attached hydrogen (secondary N) is 2. The van der Waals surface area contributed by atoms with Gasteiger partial charge in [-0.3, -0.25) is 19.7 Å². The Morgan fingerprint density at radius 2 is 1.76 bits per heavy atom. The van der Waals surface area contributed by atoms with Crippen LogP contribution in [0, 0.1) is 11.6 Å². The van der Waals surface area contributed by atoms with Crippen LogP contribution in [-0.4, -0.2) is 40.4 Å². The van der Waals surface area contributed by atoms with Crippen molar-refractivity contribution in [2.75, 3.05) is 24.4 Å². The molecule has 0 fully saturated rings. The summed E-state index contributed by atoms with van der Waals surface area (Å²) in [5.74, 6) is -1.96. The van der Waals surface area contributed by atoms with Gasteiger partial charge < -0.3 is 14.8 Å². The van der Waals surface area contributed by atoms with Gasteiger partial charge in [-0.2, -0.15) is 5.10 Å².